The second-order valence-corrected chi connectivity index (χ2v) is 9.07. The summed E-state index contributed by atoms with van der Waals surface area (Å²) in [5.74, 6) is 1.10. The first-order chi connectivity index (χ1) is 14.8. The van der Waals surface area contributed by atoms with E-state index in [1.165, 1.54) is 17.5 Å². The first kappa shape index (κ1) is 21.0. The van der Waals surface area contributed by atoms with Gasteiger partial charge in [-0.3, -0.25) is 4.79 Å². The molecular formula is C24H23N3O3S. The third-order valence-electron chi connectivity index (χ3n) is 4.82. The molecule has 0 unspecified atom stereocenters. The molecule has 0 saturated carbocycles. The quantitative estimate of drug-likeness (QED) is 0.433. The first-order valence-corrected chi connectivity index (χ1v) is 10.8. The zero-order chi connectivity index (χ0) is 22.0. The fourth-order valence-corrected chi connectivity index (χ4v) is 4.11. The molecule has 0 bridgehead atoms. The van der Waals surface area contributed by atoms with Gasteiger partial charge in [0.2, 0.25) is 5.88 Å². The normalized spacial score (nSPS) is 11.5. The number of amides is 1. The molecule has 158 valence electrons. The number of nitrogens with one attached hydrogen (secondary N) is 1. The van der Waals surface area contributed by atoms with Crippen LogP contribution in [-0.4, -0.2) is 21.0 Å². The van der Waals surface area contributed by atoms with E-state index in [2.05, 4.69) is 42.1 Å². The van der Waals surface area contributed by atoms with Crippen LogP contribution in [0.3, 0.4) is 0 Å². The van der Waals surface area contributed by atoms with Crippen molar-refractivity contribution in [3.8, 4) is 11.6 Å². The average Bonchev–Trinajstić information content (AvgIpc) is 3.17. The highest BCUT2D eigenvalue weighted by Gasteiger charge is 2.16. The number of carbonyl (C=O) groups is 1. The number of hydrogen-bond donors (Lipinski definition) is 2. The lowest BCUT2D eigenvalue weighted by Gasteiger charge is -2.19. The molecule has 1 amide bonds. The van der Waals surface area contributed by atoms with E-state index in [1.54, 1.807) is 12.1 Å². The van der Waals surface area contributed by atoms with Gasteiger partial charge >= 0.3 is 0 Å². The molecule has 31 heavy (non-hydrogen) atoms. The molecular weight excluding hydrogens is 410 g/mol. The van der Waals surface area contributed by atoms with Crippen molar-refractivity contribution in [2.45, 2.75) is 32.8 Å². The molecule has 0 radical (unpaired) electrons. The number of benzene rings is 2. The van der Waals surface area contributed by atoms with Crippen LogP contribution in [-0.2, 0) is 12.0 Å². The predicted molar refractivity (Wildman–Crippen MR) is 123 cm³/mol. The number of hydrogen-bond acceptors (Lipinski definition) is 6. The van der Waals surface area contributed by atoms with E-state index in [0.29, 0.717) is 23.0 Å². The third kappa shape index (κ3) is 4.73. The molecule has 2 heterocycles. The second-order valence-electron chi connectivity index (χ2n) is 8.16. The van der Waals surface area contributed by atoms with E-state index in [-0.39, 0.29) is 17.9 Å². The minimum atomic E-state index is -0.252. The van der Waals surface area contributed by atoms with Gasteiger partial charge in [-0.1, -0.05) is 32.9 Å². The lowest BCUT2D eigenvalue weighted by molar-refractivity contribution is 0.102. The number of anilines is 1. The van der Waals surface area contributed by atoms with Crippen LogP contribution in [0.2, 0.25) is 0 Å². The Morgan fingerprint density at radius 1 is 1.16 bits per heavy atom. The zero-order valence-corrected chi connectivity index (χ0v) is 18.4. The molecule has 7 heteroatoms. The van der Waals surface area contributed by atoms with Crippen molar-refractivity contribution in [1.82, 2.24) is 9.97 Å². The van der Waals surface area contributed by atoms with E-state index < -0.39 is 0 Å². The van der Waals surface area contributed by atoms with Crippen LogP contribution in [0.4, 0.5) is 5.69 Å². The number of aromatic nitrogens is 2. The van der Waals surface area contributed by atoms with Gasteiger partial charge in [-0.05, 0) is 41.3 Å². The topological polar surface area (TPSA) is 84.3 Å². The molecule has 2 N–H and O–H groups in total. The summed E-state index contributed by atoms with van der Waals surface area (Å²) >= 11 is 1.48. The maximum Gasteiger partial charge on any atom is 0.257 e. The van der Waals surface area contributed by atoms with Crippen molar-refractivity contribution in [1.29, 1.82) is 0 Å². The molecule has 0 aliphatic rings. The number of thiophene rings is 1. The van der Waals surface area contributed by atoms with Crippen LogP contribution < -0.4 is 10.1 Å². The molecule has 0 atom stereocenters. The Bertz CT molecular complexity index is 1240. The summed E-state index contributed by atoms with van der Waals surface area (Å²) in [6.07, 6.45) is 1.54. The summed E-state index contributed by atoms with van der Waals surface area (Å²) < 4.78 is 6.72. The Morgan fingerprint density at radius 3 is 2.77 bits per heavy atom. The summed E-state index contributed by atoms with van der Waals surface area (Å²) in [5.41, 5.74) is 2.57. The average molecular weight is 434 g/mol. The number of carbonyl (C=O) groups excluding carboxylic acids is 1. The Hall–Kier alpha value is -3.29. The highest BCUT2D eigenvalue weighted by Crippen LogP contribution is 2.32. The predicted octanol–water partition coefficient (Wildman–Crippen LogP) is 5.53. The van der Waals surface area contributed by atoms with Crippen molar-refractivity contribution >= 4 is 33.0 Å². The van der Waals surface area contributed by atoms with Gasteiger partial charge in [0, 0.05) is 33.4 Å². The van der Waals surface area contributed by atoms with E-state index in [1.807, 2.05) is 35.7 Å². The number of rotatable bonds is 5. The monoisotopic (exact) mass is 433 g/mol. The maximum absolute atomic E-state index is 12.9. The molecule has 4 rings (SSSR count). The molecule has 6 nitrogen and oxygen atoms in total. The van der Waals surface area contributed by atoms with Gasteiger partial charge in [-0.15, -0.1) is 11.3 Å². The number of aliphatic hydroxyl groups excluding tert-OH is 1. The highest BCUT2D eigenvalue weighted by atomic mass is 32.1. The third-order valence-corrected chi connectivity index (χ3v) is 5.77. The van der Waals surface area contributed by atoms with Crippen LogP contribution in [0.5, 0.6) is 11.6 Å². The van der Waals surface area contributed by atoms with Crippen molar-refractivity contribution in [2.75, 3.05) is 5.32 Å². The number of ether oxygens (including phenoxy) is 1. The summed E-state index contributed by atoms with van der Waals surface area (Å²) in [6, 6.07) is 15.1. The van der Waals surface area contributed by atoms with Crippen molar-refractivity contribution in [3.63, 3.8) is 0 Å². The van der Waals surface area contributed by atoms with Crippen LogP contribution in [0.1, 0.15) is 42.5 Å². The van der Waals surface area contributed by atoms with Crippen LogP contribution in [0, 0.1) is 0 Å². The van der Waals surface area contributed by atoms with Crippen LogP contribution in [0.25, 0.3) is 10.1 Å². The van der Waals surface area contributed by atoms with Crippen molar-refractivity contribution in [2.24, 2.45) is 0 Å². The molecule has 2 aromatic carbocycles. The summed E-state index contributed by atoms with van der Waals surface area (Å²) in [5, 5.41) is 14.9. The maximum atomic E-state index is 12.9. The Balaban J connectivity index is 1.54. The largest absolute Gasteiger partial charge is 0.439 e. The van der Waals surface area contributed by atoms with Gasteiger partial charge in [0.15, 0.2) is 5.82 Å². The van der Waals surface area contributed by atoms with Gasteiger partial charge < -0.3 is 15.2 Å². The zero-order valence-electron chi connectivity index (χ0n) is 17.5. The van der Waals surface area contributed by atoms with Gasteiger partial charge in [0.1, 0.15) is 12.4 Å². The Labute approximate surface area is 184 Å². The molecule has 0 saturated heterocycles. The van der Waals surface area contributed by atoms with Crippen molar-refractivity contribution in [3.05, 3.63) is 77.1 Å². The number of aliphatic hydroxyl groups is 1. The van der Waals surface area contributed by atoms with Gasteiger partial charge in [0.25, 0.3) is 5.91 Å². The SMILES string of the molecule is CC(C)(C)c1cccc(NC(=O)c2csc3cc(Oc4ccnc(CO)n4)ccc23)c1. The Morgan fingerprint density at radius 2 is 2.00 bits per heavy atom. The minimum absolute atomic E-state index is 0.00777. The smallest absolute Gasteiger partial charge is 0.257 e. The highest BCUT2D eigenvalue weighted by molar-refractivity contribution is 7.17. The summed E-state index contributed by atoms with van der Waals surface area (Å²) in [4.78, 5) is 21.0. The lowest BCUT2D eigenvalue weighted by Crippen LogP contribution is -2.14. The fraction of sp³-hybridized carbons (Fsp3) is 0.208. The summed E-state index contributed by atoms with van der Waals surface area (Å²) in [7, 11) is 0. The molecule has 4 aromatic rings. The summed E-state index contributed by atoms with van der Waals surface area (Å²) in [6.45, 7) is 6.18. The Kier molecular flexibility index (Phi) is 5.71. The fourth-order valence-electron chi connectivity index (χ4n) is 3.14. The van der Waals surface area contributed by atoms with E-state index in [0.717, 1.165) is 21.3 Å². The number of fused-ring (bicyclic) bond motifs is 1. The molecule has 0 fully saturated rings. The molecule has 0 aliphatic heterocycles. The standard InChI is InChI=1S/C24H23N3O3S/c1-24(2,3)15-5-4-6-16(11-15)26-23(29)19-14-31-20-12-17(7-8-18(19)20)30-22-9-10-25-21(13-28)27-22/h4-12,14,28H,13H2,1-3H3,(H,26,29). The van der Waals surface area contributed by atoms with E-state index >= 15 is 0 Å². The van der Waals surface area contributed by atoms with Crippen molar-refractivity contribution < 1.29 is 14.6 Å². The van der Waals surface area contributed by atoms with Gasteiger partial charge in [0.05, 0.1) is 5.56 Å². The van der Waals surface area contributed by atoms with Crippen LogP contribution >= 0.6 is 11.3 Å². The van der Waals surface area contributed by atoms with E-state index in [9.17, 15) is 4.79 Å². The molecule has 2 aromatic heterocycles. The molecule has 0 aliphatic carbocycles. The lowest BCUT2D eigenvalue weighted by atomic mass is 9.87. The van der Waals surface area contributed by atoms with E-state index in [4.69, 9.17) is 9.84 Å². The van der Waals surface area contributed by atoms with Crippen LogP contribution in [0.15, 0.2) is 60.1 Å². The number of nitrogens with zero attached hydrogens (tertiary/aromatic N) is 2. The first-order valence-electron chi connectivity index (χ1n) is 9.87. The van der Waals surface area contributed by atoms with Gasteiger partial charge in [-0.2, -0.15) is 4.98 Å². The second kappa shape index (κ2) is 8.45. The minimum Gasteiger partial charge on any atom is -0.439 e. The molecule has 0 spiro atoms. The van der Waals surface area contributed by atoms with Gasteiger partial charge in [-0.25, -0.2) is 4.98 Å².